The third-order valence-corrected chi connectivity index (χ3v) is 3.28. The van der Waals surface area contributed by atoms with Crippen molar-refractivity contribution in [3.8, 4) is 23.1 Å². The van der Waals surface area contributed by atoms with E-state index in [1.54, 1.807) is 6.07 Å². The van der Waals surface area contributed by atoms with Crippen molar-refractivity contribution < 1.29 is 22.3 Å². The summed E-state index contributed by atoms with van der Waals surface area (Å²) in [5.74, 6) is -0.916. The van der Waals surface area contributed by atoms with Crippen molar-refractivity contribution in [3.05, 3.63) is 34.2 Å². The molecule has 2 rings (SSSR count). The second-order valence-corrected chi connectivity index (χ2v) is 4.65. The maximum absolute atomic E-state index is 14.1. The third kappa shape index (κ3) is 2.60. The van der Waals surface area contributed by atoms with Gasteiger partial charge in [-0.15, -0.1) is 0 Å². The molecule has 116 valence electrons. The molecule has 0 amide bonds. The Morgan fingerprint density at radius 2 is 2.00 bits per heavy atom. The van der Waals surface area contributed by atoms with Gasteiger partial charge in [-0.05, 0) is 12.1 Å². The average molecular weight is 334 g/mol. The Morgan fingerprint density at radius 1 is 1.36 bits per heavy atom. The summed E-state index contributed by atoms with van der Waals surface area (Å²) in [6.45, 7) is 0. The van der Waals surface area contributed by atoms with Crippen LogP contribution in [0.2, 0.25) is 5.02 Å². The number of benzene rings is 1. The van der Waals surface area contributed by atoms with Gasteiger partial charge in [-0.1, -0.05) is 11.6 Å². The molecule has 0 spiro atoms. The fourth-order valence-electron chi connectivity index (χ4n) is 1.97. The number of alkyl halides is 3. The molecule has 2 aromatic rings. The lowest BCUT2D eigenvalue weighted by Gasteiger charge is -2.07. The van der Waals surface area contributed by atoms with Gasteiger partial charge in [-0.2, -0.15) is 23.5 Å². The first-order chi connectivity index (χ1) is 10.2. The van der Waals surface area contributed by atoms with E-state index < -0.39 is 22.7 Å². The summed E-state index contributed by atoms with van der Waals surface area (Å²) in [5.41, 5.74) is -1.94. The minimum Gasteiger partial charge on any atom is -0.495 e. The summed E-state index contributed by atoms with van der Waals surface area (Å²) in [6.07, 6.45) is -4.73. The second-order valence-electron chi connectivity index (χ2n) is 4.28. The van der Waals surface area contributed by atoms with Crippen LogP contribution in [0, 0.1) is 17.1 Å². The largest absolute Gasteiger partial charge is 0.495 e. The molecule has 0 aliphatic rings. The van der Waals surface area contributed by atoms with Crippen LogP contribution in [0.5, 0.6) is 5.75 Å². The van der Waals surface area contributed by atoms with E-state index in [1.165, 1.54) is 7.11 Å². The molecule has 0 saturated carbocycles. The minimum absolute atomic E-state index is 0.00850. The van der Waals surface area contributed by atoms with E-state index in [0.717, 1.165) is 19.2 Å². The molecule has 0 saturated heterocycles. The maximum atomic E-state index is 14.1. The summed E-state index contributed by atoms with van der Waals surface area (Å²) < 4.78 is 58.2. The van der Waals surface area contributed by atoms with Gasteiger partial charge in [-0.25, -0.2) is 4.39 Å². The van der Waals surface area contributed by atoms with Crippen molar-refractivity contribution in [2.24, 2.45) is 7.05 Å². The fourth-order valence-corrected chi connectivity index (χ4v) is 2.34. The number of methoxy groups -OCH3 is 1. The Balaban J connectivity index is 2.71. The van der Waals surface area contributed by atoms with Crippen molar-refractivity contribution in [2.45, 2.75) is 6.18 Å². The van der Waals surface area contributed by atoms with E-state index in [9.17, 15) is 17.6 Å². The standard InChI is InChI=1S/C13H8ClF4N3O/c1-21-12(13(16,17)18)10(14)11(20-21)7-4-9(22-2)6(5-19)3-8(7)15/h3-4H,1-2H3. The van der Waals surface area contributed by atoms with Gasteiger partial charge >= 0.3 is 6.18 Å². The van der Waals surface area contributed by atoms with Crippen LogP contribution in [0.1, 0.15) is 11.3 Å². The van der Waals surface area contributed by atoms with Crippen LogP contribution < -0.4 is 4.74 Å². The van der Waals surface area contributed by atoms with Crippen LogP contribution >= 0.6 is 11.6 Å². The molecular weight excluding hydrogens is 326 g/mol. The minimum atomic E-state index is -4.73. The fraction of sp³-hybridized carbons (Fsp3) is 0.231. The Bertz CT molecular complexity index is 777. The van der Waals surface area contributed by atoms with E-state index in [2.05, 4.69) is 5.10 Å². The molecule has 0 aliphatic carbocycles. The van der Waals surface area contributed by atoms with Crippen molar-refractivity contribution in [1.29, 1.82) is 5.26 Å². The van der Waals surface area contributed by atoms with Crippen molar-refractivity contribution >= 4 is 11.6 Å². The topological polar surface area (TPSA) is 50.8 Å². The first-order valence-corrected chi connectivity index (χ1v) is 6.16. The van der Waals surface area contributed by atoms with E-state index in [4.69, 9.17) is 21.6 Å². The number of hydrogen-bond acceptors (Lipinski definition) is 3. The van der Waals surface area contributed by atoms with Crippen LogP contribution in [0.3, 0.4) is 0 Å². The SMILES string of the molecule is COc1cc(-c2nn(C)c(C(F)(F)F)c2Cl)c(F)cc1C#N. The van der Waals surface area contributed by atoms with Crippen molar-refractivity contribution in [2.75, 3.05) is 7.11 Å². The Morgan fingerprint density at radius 3 is 2.45 bits per heavy atom. The third-order valence-electron chi connectivity index (χ3n) is 2.92. The highest BCUT2D eigenvalue weighted by Crippen LogP contribution is 2.41. The summed E-state index contributed by atoms with van der Waals surface area (Å²) >= 11 is 5.71. The number of halogens is 5. The number of ether oxygens (including phenoxy) is 1. The normalized spacial score (nSPS) is 11.4. The first kappa shape index (κ1) is 16.1. The molecule has 0 aliphatic heterocycles. The molecule has 0 bridgehead atoms. The van der Waals surface area contributed by atoms with Crippen LogP contribution in [0.15, 0.2) is 12.1 Å². The lowest BCUT2D eigenvalue weighted by atomic mass is 10.1. The highest BCUT2D eigenvalue weighted by atomic mass is 35.5. The van der Waals surface area contributed by atoms with E-state index in [0.29, 0.717) is 4.68 Å². The summed E-state index contributed by atoms with van der Waals surface area (Å²) in [5, 5.41) is 11.8. The van der Waals surface area contributed by atoms with Crippen LogP contribution in [-0.2, 0) is 13.2 Å². The van der Waals surface area contributed by atoms with Gasteiger partial charge in [0.15, 0.2) is 5.69 Å². The number of nitrogens with zero attached hydrogens (tertiary/aromatic N) is 3. The molecule has 0 fully saturated rings. The monoisotopic (exact) mass is 333 g/mol. The average Bonchev–Trinajstić information content (AvgIpc) is 2.73. The predicted molar refractivity (Wildman–Crippen MR) is 69.9 cm³/mol. The number of rotatable bonds is 2. The summed E-state index contributed by atoms with van der Waals surface area (Å²) in [6, 6.07) is 3.66. The van der Waals surface area contributed by atoms with Gasteiger partial charge in [0.05, 0.1) is 17.7 Å². The van der Waals surface area contributed by atoms with Crippen molar-refractivity contribution in [1.82, 2.24) is 9.78 Å². The van der Waals surface area contributed by atoms with Crippen LogP contribution in [0.4, 0.5) is 17.6 Å². The van der Waals surface area contributed by atoms with Gasteiger partial charge in [0.1, 0.15) is 23.3 Å². The molecule has 1 aromatic carbocycles. The molecule has 22 heavy (non-hydrogen) atoms. The molecule has 0 N–H and O–H groups in total. The lowest BCUT2D eigenvalue weighted by molar-refractivity contribution is -0.143. The van der Waals surface area contributed by atoms with Gasteiger partial charge in [0.2, 0.25) is 0 Å². The zero-order valence-corrected chi connectivity index (χ0v) is 12.1. The smallest absolute Gasteiger partial charge is 0.434 e. The zero-order valence-electron chi connectivity index (χ0n) is 11.3. The van der Waals surface area contributed by atoms with Gasteiger partial charge < -0.3 is 4.74 Å². The van der Waals surface area contributed by atoms with Gasteiger partial charge in [0.25, 0.3) is 0 Å². The number of nitriles is 1. The maximum Gasteiger partial charge on any atom is 0.434 e. The molecular formula is C13H8ClF4N3O. The van der Waals surface area contributed by atoms with Crippen LogP contribution in [0.25, 0.3) is 11.3 Å². The quantitative estimate of drug-likeness (QED) is 0.786. The lowest BCUT2D eigenvalue weighted by Crippen LogP contribution is -2.12. The molecule has 0 atom stereocenters. The molecule has 0 radical (unpaired) electrons. The highest BCUT2D eigenvalue weighted by molar-refractivity contribution is 6.33. The van der Waals surface area contributed by atoms with Gasteiger partial charge in [-0.3, -0.25) is 4.68 Å². The Kier molecular flexibility index (Phi) is 4.02. The molecule has 4 nitrogen and oxygen atoms in total. The van der Waals surface area contributed by atoms with Crippen LogP contribution in [-0.4, -0.2) is 16.9 Å². The first-order valence-electron chi connectivity index (χ1n) is 5.78. The summed E-state index contributed by atoms with van der Waals surface area (Å²) in [7, 11) is 2.30. The molecule has 1 aromatic heterocycles. The molecule has 0 unspecified atom stereocenters. The Labute approximate surface area is 127 Å². The molecule has 9 heteroatoms. The van der Waals surface area contributed by atoms with Gasteiger partial charge in [0, 0.05) is 12.6 Å². The van der Waals surface area contributed by atoms with E-state index in [-0.39, 0.29) is 22.6 Å². The Hall–Kier alpha value is -2.27. The highest BCUT2D eigenvalue weighted by Gasteiger charge is 2.39. The number of hydrogen-bond donors (Lipinski definition) is 0. The van der Waals surface area contributed by atoms with Crippen molar-refractivity contribution in [3.63, 3.8) is 0 Å². The van der Waals surface area contributed by atoms with E-state index in [1.807, 2.05) is 0 Å². The second kappa shape index (κ2) is 5.50. The predicted octanol–water partition coefficient (Wildman–Crippen LogP) is 3.78. The molecule has 1 heterocycles. The summed E-state index contributed by atoms with van der Waals surface area (Å²) in [4.78, 5) is 0. The number of aryl methyl sites for hydroxylation is 1. The number of aromatic nitrogens is 2. The van der Waals surface area contributed by atoms with E-state index >= 15 is 0 Å². The zero-order chi connectivity index (χ0) is 16.7.